The molecule has 0 aliphatic rings. The van der Waals surface area contributed by atoms with Gasteiger partial charge in [0.05, 0.1) is 0 Å². The van der Waals surface area contributed by atoms with Gasteiger partial charge in [-0.3, -0.25) is 4.79 Å². The van der Waals surface area contributed by atoms with Gasteiger partial charge >= 0.3 is 0 Å². The first-order valence-electron chi connectivity index (χ1n) is 7.02. The van der Waals surface area contributed by atoms with E-state index >= 15 is 0 Å². The Balaban J connectivity index is 2.65. The van der Waals surface area contributed by atoms with Crippen LogP contribution in [-0.2, 0) is 6.42 Å². The Morgan fingerprint density at radius 1 is 1.16 bits per heavy atom. The summed E-state index contributed by atoms with van der Waals surface area (Å²) in [6, 6.07) is 8.14. The lowest BCUT2D eigenvalue weighted by Gasteiger charge is -2.23. The first-order valence-corrected chi connectivity index (χ1v) is 7.02. The highest BCUT2D eigenvalue weighted by molar-refractivity contribution is 5.92. The van der Waals surface area contributed by atoms with E-state index in [4.69, 9.17) is 5.73 Å². The average molecular weight is 262 g/mol. The maximum Gasteiger partial charge on any atom is 0.248 e. The smallest absolute Gasteiger partial charge is 0.248 e. The Labute approximate surface area is 116 Å². The van der Waals surface area contributed by atoms with Crippen molar-refractivity contribution >= 4 is 5.91 Å². The lowest BCUT2D eigenvalue weighted by molar-refractivity contribution is 0.100. The highest BCUT2D eigenvalue weighted by Gasteiger charge is 2.14. The maximum absolute atomic E-state index is 11.0. The van der Waals surface area contributed by atoms with Crippen molar-refractivity contribution < 1.29 is 4.79 Å². The Kier molecular flexibility index (Phi) is 6.03. The Morgan fingerprint density at radius 2 is 1.74 bits per heavy atom. The van der Waals surface area contributed by atoms with Crippen molar-refractivity contribution in [2.45, 2.75) is 40.2 Å². The molecule has 0 spiro atoms. The number of benzene rings is 1. The molecule has 1 rings (SSSR count). The molecule has 0 aromatic heterocycles. The van der Waals surface area contributed by atoms with Crippen LogP contribution >= 0.6 is 0 Å². The molecule has 3 N–H and O–H groups in total. The molecule has 1 unspecified atom stereocenters. The summed E-state index contributed by atoms with van der Waals surface area (Å²) in [6.45, 7) is 9.86. The van der Waals surface area contributed by atoms with Gasteiger partial charge in [0.2, 0.25) is 5.91 Å². The Morgan fingerprint density at radius 3 is 2.16 bits per heavy atom. The van der Waals surface area contributed by atoms with E-state index in [1.165, 1.54) is 5.56 Å². The SMILES string of the molecule is CC(C)NCC(Cc1ccc(C(N)=O)cc1)C(C)C. The average Bonchev–Trinajstić information content (AvgIpc) is 2.34. The number of nitrogens with one attached hydrogen (secondary N) is 1. The quantitative estimate of drug-likeness (QED) is 0.793. The molecule has 0 heterocycles. The van der Waals surface area contributed by atoms with Crippen LogP contribution in [0.15, 0.2) is 24.3 Å². The second-order valence-corrected chi connectivity index (χ2v) is 5.83. The molecular weight excluding hydrogens is 236 g/mol. The highest BCUT2D eigenvalue weighted by atomic mass is 16.1. The second kappa shape index (κ2) is 7.29. The van der Waals surface area contributed by atoms with Crippen LogP contribution in [0, 0.1) is 11.8 Å². The van der Waals surface area contributed by atoms with E-state index in [0.717, 1.165) is 13.0 Å². The van der Waals surface area contributed by atoms with Crippen LogP contribution < -0.4 is 11.1 Å². The van der Waals surface area contributed by atoms with Gasteiger partial charge in [0.15, 0.2) is 0 Å². The number of rotatable bonds is 7. The molecule has 19 heavy (non-hydrogen) atoms. The van der Waals surface area contributed by atoms with E-state index in [-0.39, 0.29) is 5.91 Å². The summed E-state index contributed by atoms with van der Waals surface area (Å²) in [5.41, 5.74) is 7.08. The molecule has 0 saturated carbocycles. The minimum atomic E-state index is -0.367. The Bertz CT molecular complexity index is 396. The van der Waals surface area contributed by atoms with Crippen LogP contribution in [-0.4, -0.2) is 18.5 Å². The molecule has 3 heteroatoms. The molecule has 0 radical (unpaired) electrons. The molecule has 0 saturated heterocycles. The summed E-state index contributed by atoms with van der Waals surface area (Å²) >= 11 is 0. The van der Waals surface area contributed by atoms with Crippen LogP contribution in [0.3, 0.4) is 0 Å². The number of hydrogen-bond donors (Lipinski definition) is 2. The molecule has 1 aromatic carbocycles. The number of carbonyl (C=O) groups is 1. The maximum atomic E-state index is 11.0. The van der Waals surface area contributed by atoms with Gasteiger partial charge < -0.3 is 11.1 Å². The van der Waals surface area contributed by atoms with Gasteiger partial charge in [-0.05, 0) is 42.5 Å². The third-order valence-corrected chi connectivity index (χ3v) is 3.47. The summed E-state index contributed by atoms with van der Waals surface area (Å²) in [4.78, 5) is 11.0. The molecule has 1 atom stereocenters. The van der Waals surface area contributed by atoms with Crippen LogP contribution in [0.2, 0.25) is 0 Å². The van der Waals surface area contributed by atoms with Crippen molar-refractivity contribution in [1.29, 1.82) is 0 Å². The summed E-state index contributed by atoms with van der Waals surface area (Å²) < 4.78 is 0. The van der Waals surface area contributed by atoms with E-state index in [1.54, 1.807) is 0 Å². The fourth-order valence-electron chi connectivity index (χ4n) is 2.04. The van der Waals surface area contributed by atoms with E-state index < -0.39 is 0 Å². The monoisotopic (exact) mass is 262 g/mol. The van der Waals surface area contributed by atoms with Crippen molar-refractivity contribution in [3.05, 3.63) is 35.4 Å². The minimum absolute atomic E-state index is 0.367. The lowest BCUT2D eigenvalue weighted by atomic mass is 9.88. The summed E-state index contributed by atoms with van der Waals surface area (Å²) in [5, 5.41) is 3.50. The van der Waals surface area contributed by atoms with E-state index in [2.05, 4.69) is 33.0 Å². The first kappa shape index (κ1) is 15.7. The molecule has 106 valence electrons. The molecule has 0 aliphatic heterocycles. The molecule has 0 aliphatic carbocycles. The van der Waals surface area contributed by atoms with Gasteiger partial charge in [-0.2, -0.15) is 0 Å². The third kappa shape index (κ3) is 5.43. The molecule has 1 amide bonds. The first-order chi connectivity index (χ1) is 8.90. The van der Waals surface area contributed by atoms with Gasteiger partial charge in [0, 0.05) is 11.6 Å². The topological polar surface area (TPSA) is 55.1 Å². The van der Waals surface area contributed by atoms with Crippen LogP contribution in [0.25, 0.3) is 0 Å². The fraction of sp³-hybridized carbons (Fsp3) is 0.562. The zero-order chi connectivity index (χ0) is 14.4. The van der Waals surface area contributed by atoms with Gasteiger partial charge in [-0.15, -0.1) is 0 Å². The number of carbonyl (C=O) groups excluding carboxylic acids is 1. The predicted molar refractivity (Wildman–Crippen MR) is 80.1 cm³/mol. The van der Waals surface area contributed by atoms with Gasteiger partial charge in [-0.25, -0.2) is 0 Å². The molecular formula is C16H26N2O. The van der Waals surface area contributed by atoms with Gasteiger partial charge in [0.1, 0.15) is 0 Å². The largest absolute Gasteiger partial charge is 0.366 e. The van der Waals surface area contributed by atoms with Crippen LogP contribution in [0.5, 0.6) is 0 Å². The standard InChI is InChI=1S/C16H26N2O/c1-11(2)15(10-18-12(3)4)9-13-5-7-14(8-6-13)16(17)19/h5-8,11-12,15,18H,9-10H2,1-4H3,(H2,17,19). The highest BCUT2D eigenvalue weighted by Crippen LogP contribution is 2.17. The van der Waals surface area contributed by atoms with Crippen molar-refractivity contribution in [1.82, 2.24) is 5.32 Å². The van der Waals surface area contributed by atoms with Crippen molar-refractivity contribution in [2.75, 3.05) is 6.54 Å². The summed E-state index contributed by atoms with van der Waals surface area (Å²) in [6.07, 6.45) is 1.02. The van der Waals surface area contributed by atoms with E-state index in [0.29, 0.717) is 23.4 Å². The zero-order valence-electron chi connectivity index (χ0n) is 12.4. The normalized spacial score (nSPS) is 12.9. The van der Waals surface area contributed by atoms with Gasteiger partial charge in [-0.1, -0.05) is 39.8 Å². The second-order valence-electron chi connectivity index (χ2n) is 5.83. The Hall–Kier alpha value is -1.35. The van der Waals surface area contributed by atoms with Crippen molar-refractivity contribution in [3.8, 4) is 0 Å². The minimum Gasteiger partial charge on any atom is -0.366 e. The number of amides is 1. The number of nitrogens with two attached hydrogens (primary N) is 1. The summed E-state index contributed by atoms with van der Waals surface area (Å²) in [7, 11) is 0. The van der Waals surface area contributed by atoms with Gasteiger partial charge in [0.25, 0.3) is 0 Å². The van der Waals surface area contributed by atoms with Crippen LogP contribution in [0.4, 0.5) is 0 Å². The van der Waals surface area contributed by atoms with Crippen molar-refractivity contribution in [3.63, 3.8) is 0 Å². The molecule has 0 fully saturated rings. The summed E-state index contributed by atoms with van der Waals surface area (Å²) in [5.74, 6) is 0.859. The number of primary amides is 1. The van der Waals surface area contributed by atoms with E-state index in [1.807, 2.05) is 24.3 Å². The molecule has 0 bridgehead atoms. The lowest BCUT2D eigenvalue weighted by Crippen LogP contribution is -2.32. The fourth-order valence-corrected chi connectivity index (χ4v) is 2.04. The van der Waals surface area contributed by atoms with Crippen LogP contribution in [0.1, 0.15) is 43.6 Å². The van der Waals surface area contributed by atoms with Crippen molar-refractivity contribution in [2.24, 2.45) is 17.6 Å². The third-order valence-electron chi connectivity index (χ3n) is 3.47. The van der Waals surface area contributed by atoms with E-state index in [9.17, 15) is 4.79 Å². The predicted octanol–water partition coefficient (Wildman–Crippen LogP) is 2.60. The zero-order valence-corrected chi connectivity index (χ0v) is 12.4. The number of hydrogen-bond acceptors (Lipinski definition) is 2. The molecule has 1 aromatic rings. The molecule has 3 nitrogen and oxygen atoms in total.